The van der Waals surface area contributed by atoms with Crippen molar-refractivity contribution in [3.8, 4) is 0 Å². The van der Waals surface area contributed by atoms with Gasteiger partial charge in [-0.2, -0.15) is 0 Å². The number of methoxy groups -OCH3 is 1. The SMILES string of the molecule is COCCc1nc(Cl)c2n1CCCC2C(=O)O. The lowest BCUT2D eigenvalue weighted by molar-refractivity contribution is -0.139. The topological polar surface area (TPSA) is 64.4 Å². The molecule has 0 aromatic carbocycles. The number of halogens is 1. The molecule has 1 unspecified atom stereocenters. The second-order valence-corrected chi connectivity index (χ2v) is 4.49. The van der Waals surface area contributed by atoms with Crippen LogP contribution in [0.1, 0.15) is 30.3 Å². The highest BCUT2D eigenvalue weighted by atomic mass is 35.5. The van der Waals surface area contributed by atoms with Gasteiger partial charge in [0, 0.05) is 20.1 Å². The summed E-state index contributed by atoms with van der Waals surface area (Å²) in [5, 5.41) is 9.49. The van der Waals surface area contributed by atoms with Crippen molar-refractivity contribution in [2.45, 2.75) is 31.7 Å². The summed E-state index contributed by atoms with van der Waals surface area (Å²) in [5.74, 6) is -0.538. The largest absolute Gasteiger partial charge is 0.481 e. The third kappa shape index (κ3) is 2.30. The minimum absolute atomic E-state index is 0.322. The predicted octanol–water partition coefficient (Wildman–Crippen LogP) is 1.69. The zero-order valence-corrected chi connectivity index (χ0v) is 10.4. The van der Waals surface area contributed by atoms with Crippen LogP contribution in [0, 0.1) is 0 Å². The molecule has 0 amide bonds. The van der Waals surface area contributed by atoms with E-state index in [1.807, 2.05) is 4.57 Å². The molecule has 5 nitrogen and oxygen atoms in total. The molecule has 1 aromatic heterocycles. The lowest BCUT2D eigenvalue weighted by Gasteiger charge is -2.22. The predicted molar refractivity (Wildman–Crippen MR) is 62.4 cm³/mol. The number of carboxylic acids is 1. The maximum atomic E-state index is 11.2. The molecule has 2 heterocycles. The fourth-order valence-electron chi connectivity index (χ4n) is 2.28. The number of rotatable bonds is 4. The van der Waals surface area contributed by atoms with Gasteiger partial charge in [-0.1, -0.05) is 11.6 Å². The summed E-state index contributed by atoms with van der Waals surface area (Å²) in [5.41, 5.74) is 0.650. The Hall–Kier alpha value is -1.07. The average Bonchev–Trinajstić information content (AvgIpc) is 2.64. The van der Waals surface area contributed by atoms with Crippen LogP contribution in [0.15, 0.2) is 0 Å². The Morgan fingerprint density at radius 2 is 2.47 bits per heavy atom. The van der Waals surface area contributed by atoms with Crippen LogP contribution < -0.4 is 0 Å². The van der Waals surface area contributed by atoms with E-state index in [2.05, 4.69) is 4.98 Å². The highest BCUT2D eigenvalue weighted by Gasteiger charge is 2.31. The van der Waals surface area contributed by atoms with Crippen LogP contribution in [0.3, 0.4) is 0 Å². The molecule has 0 fully saturated rings. The number of carbonyl (C=O) groups is 1. The van der Waals surface area contributed by atoms with Crippen molar-refractivity contribution in [3.63, 3.8) is 0 Å². The first-order chi connectivity index (χ1) is 8.15. The van der Waals surface area contributed by atoms with Gasteiger partial charge in [0.15, 0.2) is 5.15 Å². The van der Waals surface area contributed by atoms with E-state index in [9.17, 15) is 9.90 Å². The van der Waals surface area contributed by atoms with Crippen LogP contribution in [-0.4, -0.2) is 34.3 Å². The lowest BCUT2D eigenvalue weighted by Crippen LogP contribution is -2.23. The van der Waals surface area contributed by atoms with Gasteiger partial charge in [0.25, 0.3) is 0 Å². The van der Waals surface area contributed by atoms with Gasteiger partial charge in [0.05, 0.1) is 12.3 Å². The molecule has 0 saturated heterocycles. The number of imidazole rings is 1. The molecule has 0 bridgehead atoms. The van der Waals surface area contributed by atoms with Crippen LogP contribution in [0.4, 0.5) is 0 Å². The molecular weight excluding hydrogens is 244 g/mol. The van der Waals surface area contributed by atoms with Crippen LogP contribution in [0.25, 0.3) is 0 Å². The van der Waals surface area contributed by atoms with E-state index in [4.69, 9.17) is 16.3 Å². The molecule has 0 saturated carbocycles. The van der Waals surface area contributed by atoms with E-state index in [-0.39, 0.29) is 0 Å². The van der Waals surface area contributed by atoms with Crippen LogP contribution in [-0.2, 0) is 22.5 Å². The Morgan fingerprint density at radius 3 is 3.12 bits per heavy atom. The van der Waals surface area contributed by atoms with Crippen molar-refractivity contribution < 1.29 is 14.6 Å². The second-order valence-electron chi connectivity index (χ2n) is 4.13. The quantitative estimate of drug-likeness (QED) is 0.893. The molecule has 17 heavy (non-hydrogen) atoms. The van der Waals surface area contributed by atoms with Gasteiger partial charge in [-0.25, -0.2) is 4.98 Å². The van der Waals surface area contributed by atoms with Gasteiger partial charge in [-0.15, -0.1) is 0 Å². The van der Waals surface area contributed by atoms with E-state index in [0.717, 1.165) is 18.8 Å². The molecule has 6 heteroatoms. The molecular formula is C11H15ClN2O3. The van der Waals surface area contributed by atoms with Crippen molar-refractivity contribution in [1.29, 1.82) is 0 Å². The van der Waals surface area contributed by atoms with Gasteiger partial charge in [-0.3, -0.25) is 4.79 Å². The Bertz CT molecular complexity index is 431. The molecule has 0 aliphatic carbocycles. The Labute approximate surface area is 104 Å². The lowest BCUT2D eigenvalue weighted by atomic mass is 9.96. The minimum Gasteiger partial charge on any atom is -0.481 e. The average molecular weight is 259 g/mol. The summed E-state index contributed by atoms with van der Waals surface area (Å²) in [6.07, 6.45) is 2.13. The fraction of sp³-hybridized carbons (Fsp3) is 0.636. The molecule has 1 aliphatic heterocycles. The van der Waals surface area contributed by atoms with Crippen LogP contribution in [0.5, 0.6) is 0 Å². The zero-order valence-electron chi connectivity index (χ0n) is 9.65. The summed E-state index contributed by atoms with van der Waals surface area (Å²) in [6.45, 7) is 1.35. The first-order valence-electron chi connectivity index (χ1n) is 5.61. The summed E-state index contributed by atoms with van der Waals surface area (Å²) in [4.78, 5) is 15.4. The van der Waals surface area contributed by atoms with Gasteiger partial charge < -0.3 is 14.4 Å². The van der Waals surface area contributed by atoms with Gasteiger partial charge >= 0.3 is 5.97 Å². The van der Waals surface area contributed by atoms with E-state index in [0.29, 0.717) is 30.3 Å². The molecule has 1 aromatic rings. The maximum Gasteiger partial charge on any atom is 0.312 e. The summed E-state index contributed by atoms with van der Waals surface area (Å²) < 4.78 is 6.94. The summed E-state index contributed by atoms with van der Waals surface area (Å²) in [7, 11) is 1.63. The van der Waals surface area contributed by atoms with Crippen molar-refractivity contribution in [2.24, 2.45) is 0 Å². The number of carboxylic acid groups (broad SMARTS) is 1. The molecule has 1 N–H and O–H groups in total. The number of nitrogens with zero attached hydrogens (tertiary/aromatic N) is 2. The van der Waals surface area contributed by atoms with Gasteiger partial charge in [0.1, 0.15) is 11.7 Å². The number of fused-ring (bicyclic) bond motifs is 1. The molecule has 1 aliphatic rings. The van der Waals surface area contributed by atoms with Crippen LogP contribution >= 0.6 is 11.6 Å². The third-order valence-electron chi connectivity index (χ3n) is 3.07. The van der Waals surface area contributed by atoms with Gasteiger partial charge in [-0.05, 0) is 12.8 Å². The number of hydrogen-bond donors (Lipinski definition) is 1. The standard InChI is InChI=1S/C11H15ClN2O3/c1-17-6-4-8-13-10(12)9-7(11(15)16)3-2-5-14(8)9/h7H,2-6H2,1H3,(H,15,16). The highest BCUT2D eigenvalue weighted by Crippen LogP contribution is 2.33. The highest BCUT2D eigenvalue weighted by molar-refractivity contribution is 6.30. The van der Waals surface area contributed by atoms with E-state index in [1.54, 1.807) is 7.11 Å². The molecule has 1 atom stereocenters. The maximum absolute atomic E-state index is 11.2. The van der Waals surface area contributed by atoms with E-state index >= 15 is 0 Å². The number of aromatic nitrogens is 2. The monoisotopic (exact) mass is 258 g/mol. The van der Waals surface area contributed by atoms with Crippen molar-refractivity contribution in [2.75, 3.05) is 13.7 Å². The summed E-state index contributed by atoms with van der Waals surface area (Å²) >= 11 is 6.04. The normalized spacial score (nSPS) is 19.1. The summed E-state index contributed by atoms with van der Waals surface area (Å²) in [6, 6.07) is 0. The zero-order chi connectivity index (χ0) is 12.4. The second kappa shape index (κ2) is 5.06. The fourth-order valence-corrected chi connectivity index (χ4v) is 2.61. The number of ether oxygens (including phenoxy) is 1. The van der Waals surface area contributed by atoms with Crippen molar-refractivity contribution >= 4 is 17.6 Å². The minimum atomic E-state index is -0.828. The van der Waals surface area contributed by atoms with E-state index in [1.165, 1.54) is 0 Å². The molecule has 0 radical (unpaired) electrons. The molecule has 2 rings (SSSR count). The van der Waals surface area contributed by atoms with E-state index < -0.39 is 11.9 Å². The van der Waals surface area contributed by atoms with Crippen LogP contribution in [0.2, 0.25) is 5.15 Å². The molecule has 0 spiro atoms. The Balaban J connectivity index is 2.35. The Kier molecular flexibility index (Phi) is 3.69. The number of aliphatic carboxylic acids is 1. The smallest absolute Gasteiger partial charge is 0.312 e. The Morgan fingerprint density at radius 1 is 1.71 bits per heavy atom. The van der Waals surface area contributed by atoms with Crippen molar-refractivity contribution in [1.82, 2.24) is 9.55 Å². The first kappa shape index (κ1) is 12.4. The van der Waals surface area contributed by atoms with Gasteiger partial charge in [0.2, 0.25) is 0 Å². The number of hydrogen-bond acceptors (Lipinski definition) is 3. The third-order valence-corrected chi connectivity index (χ3v) is 3.35. The first-order valence-corrected chi connectivity index (χ1v) is 5.99. The molecule has 94 valence electrons. The van der Waals surface area contributed by atoms with Crippen molar-refractivity contribution in [3.05, 3.63) is 16.7 Å².